The summed E-state index contributed by atoms with van der Waals surface area (Å²) < 4.78 is 10.1. The molecule has 1 aromatic carbocycles. The molecular weight excluding hydrogens is 255 g/mol. The number of carbonyl (C=O) groups is 1. The van der Waals surface area contributed by atoms with Gasteiger partial charge < -0.3 is 14.6 Å². The molecular formula is C10H10Cl2O4. The third kappa shape index (κ3) is 4.70. The van der Waals surface area contributed by atoms with Gasteiger partial charge in [-0.05, 0) is 18.2 Å². The average Bonchev–Trinajstić information content (AvgIpc) is 2.20. The molecule has 0 radical (unpaired) electrons. The van der Waals surface area contributed by atoms with E-state index in [1.165, 1.54) is 0 Å². The van der Waals surface area contributed by atoms with Crippen molar-refractivity contribution >= 4 is 29.2 Å². The van der Waals surface area contributed by atoms with Gasteiger partial charge in [-0.3, -0.25) is 0 Å². The maximum absolute atomic E-state index is 10.1. The molecule has 0 atom stereocenters. The number of halogens is 2. The van der Waals surface area contributed by atoms with Crippen LogP contribution in [0.2, 0.25) is 10.0 Å². The van der Waals surface area contributed by atoms with Crippen molar-refractivity contribution < 1.29 is 19.4 Å². The highest BCUT2D eigenvalue weighted by molar-refractivity contribution is 6.35. The van der Waals surface area contributed by atoms with Crippen LogP contribution in [0.15, 0.2) is 18.2 Å². The van der Waals surface area contributed by atoms with Crippen LogP contribution < -0.4 is 4.74 Å². The second kappa shape index (κ2) is 6.58. The number of ether oxygens (including phenoxy) is 2. The second-order valence-corrected chi connectivity index (χ2v) is 3.71. The van der Waals surface area contributed by atoms with Crippen molar-refractivity contribution in [3.8, 4) is 5.75 Å². The first kappa shape index (κ1) is 13.1. The van der Waals surface area contributed by atoms with Gasteiger partial charge in [-0.25, -0.2) is 4.79 Å². The predicted octanol–water partition coefficient (Wildman–Crippen LogP) is 2.47. The minimum absolute atomic E-state index is 0.186. The van der Waals surface area contributed by atoms with E-state index >= 15 is 0 Å². The van der Waals surface area contributed by atoms with Crippen LogP contribution in [0.25, 0.3) is 0 Å². The number of benzene rings is 1. The molecule has 0 spiro atoms. The molecule has 1 aromatic rings. The Bertz CT molecular complexity index is 368. The van der Waals surface area contributed by atoms with Crippen LogP contribution in [0.4, 0.5) is 0 Å². The first-order valence-electron chi connectivity index (χ1n) is 4.47. The molecule has 0 saturated carbocycles. The van der Waals surface area contributed by atoms with Crippen LogP contribution in [0, 0.1) is 0 Å². The SMILES string of the molecule is O=C(O)COCCOc1ccc(Cl)cc1Cl. The molecule has 0 heterocycles. The number of rotatable bonds is 6. The molecule has 0 amide bonds. The van der Waals surface area contributed by atoms with Crippen molar-refractivity contribution in [2.75, 3.05) is 19.8 Å². The summed E-state index contributed by atoms with van der Waals surface area (Å²) in [5, 5.41) is 9.24. The Morgan fingerprint density at radius 3 is 2.69 bits per heavy atom. The molecule has 0 fully saturated rings. The van der Waals surface area contributed by atoms with Crippen LogP contribution >= 0.6 is 23.2 Å². The minimum atomic E-state index is -1.01. The first-order chi connectivity index (χ1) is 7.59. The van der Waals surface area contributed by atoms with E-state index in [-0.39, 0.29) is 19.8 Å². The quantitative estimate of drug-likeness (QED) is 0.803. The Balaban J connectivity index is 2.29. The van der Waals surface area contributed by atoms with Gasteiger partial charge >= 0.3 is 5.97 Å². The van der Waals surface area contributed by atoms with E-state index in [0.29, 0.717) is 15.8 Å². The van der Waals surface area contributed by atoms with Gasteiger partial charge in [-0.1, -0.05) is 23.2 Å². The molecule has 0 bridgehead atoms. The van der Waals surface area contributed by atoms with Gasteiger partial charge in [0.2, 0.25) is 0 Å². The molecule has 1 rings (SSSR count). The van der Waals surface area contributed by atoms with Gasteiger partial charge in [0.25, 0.3) is 0 Å². The van der Waals surface area contributed by atoms with E-state index in [1.807, 2.05) is 0 Å². The van der Waals surface area contributed by atoms with Crippen molar-refractivity contribution in [2.24, 2.45) is 0 Å². The van der Waals surface area contributed by atoms with Crippen molar-refractivity contribution in [3.05, 3.63) is 28.2 Å². The monoisotopic (exact) mass is 264 g/mol. The zero-order chi connectivity index (χ0) is 12.0. The summed E-state index contributed by atoms with van der Waals surface area (Å²) >= 11 is 11.6. The summed E-state index contributed by atoms with van der Waals surface area (Å²) in [6.45, 7) is 0.0810. The maximum Gasteiger partial charge on any atom is 0.329 e. The molecule has 6 heteroatoms. The molecule has 0 aliphatic carbocycles. The third-order valence-electron chi connectivity index (χ3n) is 1.60. The van der Waals surface area contributed by atoms with Crippen LogP contribution in [0.3, 0.4) is 0 Å². The summed E-state index contributed by atoms with van der Waals surface area (Å²) in [6, 6.07) is 4.86. The maximum atomic E-state index is 10.1. The first-order valence-corrected chi connectivity index (χ1v) is 5.22. The van der Waals surface area contributed by atoms with E-state index in [4.69, 9.17) is 37.8 Å². The van der Waals surface area contributed by atoms with Gasteiger partial charge in [0.15, 0.2) is 0 Å². The molecule has 16 heavy (non-hydrogen) atoms. The normalized spacial score (nSPS) is 10.1. The van der Waals surface area contributed by atoms with Gasteiger partial charge in [0, 0.05) is 5.02 Å². The Morgan fingerprint density at radius 1 is 1.31 bits per heavy atom. The fraction of sp³-hybridized carbons (Fsp3) is 0.300. The minimum Gasteiger partial charge on any atom is -0.490 e. The fourth-order valence-electron chi connectivity index (χ4n) is 0.962. The number of carboxylic acid groups (broad SMARTS) is 1. The van der Waals surface area contributed by atoms with Crippen LogP contribution in [-0.4, -0.2) is 30.9 Å². The molecule has 0 aromatic heterocycles. The zero-order valence-electron chi connectivity index (χ0n) is 8.28. The molecule has 0 unspecified atom stereocenters. The van der Waals surface area contributed by atoms with Crippen molar-refractivity contribution in [3.63, 3.8) is 0 Å². The summed E-state index contributed by atoms with van der Waals surface area (Å²) in [4.78, 5) is 10.1. The standard InChI is InChI=1S/C10H10Cl2O4/c11-7-1-2-9(8(12)5-7)16-4-3-15-6-10(13)14/h1-2,5H,3-4,6H2,(H,13,14). The second-order valence-electron chi connectivity index (χ2n) is 2.87. The van der Waals surface area contributed by atoms with Crippen LogP contribution in [-0.2, 0) is 9.53 Å². The van der Waals surface area contributed by atoms with Crippen molar-refractivity contribution in [1.82, 2.24) is 0 Å². The van der Waals surface area contributed by atoms with Crippen LogP contribution in [0.1, 0.15) is 0 Å². The largest absolute Gasteiger partial charge is 0.490 e. The number of hydrogen-bond donors (Lipinski definition) is 1. The molecule has 88 valence electrons. The highest BCUT2D eigenvalue weighted by Gasteiger charge is 2.02. The van der Waals surface area contributed by atoms with Gasteiger partial charge in [0.05, 0.1) is 11.6 Å². The fourth-order valence-corrected chi connectivity index (χ4v) is 1.43. The Labute approximate surface area is 103 Å². The van der Waals surface area contributed by atoms with Crippen molar-refractivity contribution in [2.45, 2.75) is 0 Å². The smallest absolute Gasteiger partial charge is 0.329 e. The third-order valence-corrected chi connectivity index (χ3v) is 2.14. The zero-order valence-corrected chi connectivity index (χ0v) is 9.79. The molecule has 1 N–H and O–H groups in total. The van der Waals surface area contributed by atoms with E-state index in [2.05, 4.69) is 0 Å². The molecule has 0 aliphatic rings. The highest BCUT2D eigenvalue weighted by Crippen LogP contribution is 2.27. The predicted molar refractivity (Wildman–Crippen MR) is 60.4 cm³/mol. The number of carboxylic acids is 1. The number of aliphatic carboxylic acids is 1. The molecule has 0 aliphatic heterocycles. The van der Waals surface area contributed by atoms with E-state index in [9.17, 15) is 4.79 Å². The Hall–Kier alpha value is -0.970. The summed E-state index contributed by atoms with van der Waals surface area (Å²) in [7, 11) is 0. The Morgan fingerprint density at radius 2 is 2.06 bits per heavy atom. The highest BCUT2D eigenvalue weighted by atomic mass is 35.5. The summed E-state index contributed by atoms with van der Waals surface area (Å²) in [5.41, 5.74) is 0. The molecule has 0 saturated heterocycles. The Kier molecular flexibility index (Phi) is 5.38. The van der Waals surface area contributed by atoms with E-state index in [0.717, 1.165) is 0 Å². The van der Waals surface area contributed by atoms with Crippen LogP contribution in [0.5, 0.6) is 5.75 Å². The van der Waals surface area contributed by atoms with Gasteiger partial charge in [-0.15, -0.1) is 0 Å². The van der Waals surface area contributed by atoms with Gasteiger partial charge in [0.1, 0.15) is 19.0 Å². The lowest BCUT2D eigenvalue weighted by atomic mass is 10.3. The summed E-state index contributed by atoms with van der Waals surface area (Å²) in [6.07, 6.45) is 0. The summed E-state index contributed by atoms with van der Waals surface area (Å²) in [5.74, 6) is -0.519. The topological polar surface area (TPSA) is 55.8 Å². The lowest BCUT2D eigenvalue weighted by molar-refractivity contribution is -0.142. The van der Waals surface area contributed by atoms with Gasteiger partial charge in [-0.2, -0.15) is 0 Å². The average molecular weight is 265 g/mol. The van der Waals surface area contributed by atoms with E-state index in [1.54, 1.807) is 18.2 Å². The lowest BCUT2D eigenvalue weighted by Crippen LogP contribution is -2.12. The van der Waals surface area contributed by atoms with E-state index < -0.39 is 5.97 Å². The lowest BCUT2D eigenvalue weighted by Gasteiger charge is -2.07. The van der Waals surface area contributed by atoms with Crippen molar-refractivity contribution in [1.29, 1.82) is 0 Å². The number of hydrogen-bond acceptors (Lipinski definition) is 3. The molecule has 4 nitrogen and oxygen atoms in total.